The lowest BCUT2D eigenvalue weighted by Crippen LogP contribution is -2.04. The third kappa shape index (κ3) is 3.29. The molecule has 1 aliphatic carbocycles. The van der Waals surface area contributed by atoms with Gasteiger partial charge in [-0.1, -0.05) is 48.5 Å². The topological polar surface area (TPSA) is 37.8 Å². The number of para-hydroxylation sites is 1. The van der Waals surface area contributed by atoms with Crippen molar-refractivity contribution in [3.8, 4) is 0 Å². The Kier molecular flexibility index (Phi) is 4.57. The Morgan fingerprint density at radius 3 is 2.57 bits per heavy atom. The fourth-order valence-corrected chi connectivity index (χ4v) is 5.27. The first-order valence-corrected chi connectivity index (χ1v) is 10.8. The van der Waals surface area contributed by atoms with E-state index in [9.17, 15) is 0 Å². The van der Waals surface area contributed by atoms with Crippen molar-refractivity contribution in [2.75, 3.05) is 5.32 Å². The van der Waals surface area contributed by atoms with Crippen LogP contribution in [-0.2, 0) is 19.3 Å². The van der Waals surface area contributed by atoms with Crippen molar-refractivity contribution in [3.05, 3.63) is 82.0 Å². The van der Waals surface area contributed by atoms with Crippen LogP contribution in [0.4, 0.5) is 11.5 Å². The Morgan fingerprint density at radius 2 is 1.71 bits per heavy atom. The van der Waals surface area contributed by atoms with Crippen LogP contribution in [0, 0.1) is 6.92 Å². The van der Waals surface area contributed by atoms with Crippen molar-refractivity contribution in [1.29, 1.82) is 0 Å². The van der Waals surface area contributed by atoms with E-state index in [1.54, 1.807) is 0 Å². The van der Waals surface area contributed by atoms with Crippen LogP contribution in [0.2, 0.25) is 0 Å². The summed E-state index contributed by atoms with van der Waals surface area (Å²) in [7, 11) is 0. The zero-order chi connectivity index (χ0) is 18.9. The molecule has 1 aliphatic rings. The van der Waals surface area contributed by atoms with E-state index in [1.165, 1.54) is 46.2 Å². The number of anilines is 2. The molecule has 0 saturated heterocycles. The quantitative estimate of drug-likeness (QED) is 0.453. The maximum atomic E-state index is 5.00. The van der Waals surface area contributed by atoms with Gasteiger partial charge in [0.1, 0.15) is 16.5 Å². The number of benzene rings is 2. The van der Waals surface area contributed by atoms with Crippen LogP contribution in [0.15, 0.2) is 54.6 Å². The SMILES string of the molecule is Cc1ccccc1Nc1nc(Cc2ccccc2)nc2sc3c(c12)CCCC3. The maximum absolute atomic E-state index is 5.00. The van der Waals surface area contributed by atoms with E-state index in [2.05, 4.69) is 60.8 Å². The number of hydrogen-bond donors (Lipinski definition) is 1. The highest BCUT2D eigenvalue weighted by molar-refractivity contribution is 7.19. The molecule has 0 radical (unpaired) electrons. The third-order valence-corrected chi connectivity index (χ3v) is 6.65. The first kappa shape index (κ1) is 17.4. The first-order valence-electron chi connectivity index (χ1n) is 9.95. The van der Waals surface area contributed by atoms with Crippen LogP contribution in [0.1, 0.15) is 40.2 Å². The van der Waals surface area contributed by atoms with E-state index < -0.39 is 0 Å². The fourth-order valence-electron chi connectivity index (χ4n) is 3.99. The van der Waals surface area contributed by atoms with Crippen molar-refractivity contribution < 1.29 is 0 Å². The molecule has 0 aliphatic heterocycles. The number of hydrogen-bond acceptors (Lipinski definition) is 4. The molecular formula is C24H23N3S. The van der Waals surface area contributed by atoms with Crippen LogP contribution in [0.5, 0.6) is 0 Å². The number of thiophene rings is 1. The number of nitrogens with zero attached hydrogens (tertiary/aromatic N) is 2. The molecule has 0 atom stereocenters. The molecule has 4 heteroatoms. The zero-order valence-corrected chi connectivity index (χ0v) is 16.9. The number of rotatable bonds is 4. The molecule has 0 fully saturated rings. The molecule has 0 amide bonds. The van der Waals surface area contributed by atoms with Gasteiger partial charge in [0.2, 0.25) is 0 Å². The number of aryl methyl sites for hydroxylation is 3. The minimum Gasteiger partial charge on any atom is -0.339 e. The molecule has 1 N–H and O–H groups in total. The van der Waals surface area contributed by atoms with Gasteiger partial charge >= 0.3 is 0 Å². The summed E-state index contributed by atoms with van der Waals surface area (Å²) in [6.07, 6.45) is 5.61. The Hall–Kier alpha value is -2.72. The number of nitrogens with one attached hydrogen (secondary N) is 1. The maximum Gasteiger partial charge on any atom is 0.143 e. The van der Waals surface area contributed by atoms with E-state index in [1.807, 2.05) is 17.4 Å². The van der Waals surface area contributed by atoms with Crippen LogP contribution >= 0.6 is 11.3 Å². The lowest BCUT2D eigenvalue weighted by atomic mass is 9.97. The van der Waals surface area contributed by atoms with Crippen molar-refractivity contribution in [3.63, 3.8) is 0 Å². The molecule has 4 aromatic rings. The van der Waals surface area contributed by atoms with E-state index >= 15 is 0 Å². The van der Waals surface area contributed by atoms with Gasteiger partial charge in [0.05, 0.1) is 5.39 Å². The van der Waals surface area contributed by atoms with Gasteiger partial charge in [-0.05, 0) is 55.4 Å². The van der Waals surface area contributed by atoms with Crippen molar-refractivity contribution in [1.82, 2.24) is 9.97 Å². The predicted octanol–water partition coefficient (Wildman–Crippen LogP) is 6.21. The minimum absolute atomic E-state index is 0.752. The van der Waals surface area contributed by atoms with Gasteiger partial charge in [0, 0.05) is 17.0 Å². The Balaban J connectivity index is 1.64. The second-order valence-corrected chi connectivity index (χ2v) is 8.57. The summed E-state index contributed by atoms with van der Waals surface area (Å²) in [5, 5.41) is 4.87. The summed E-state index contributed by atoms with van der Waals surface area (Å²) < 4.78 is 0. The average molecular weight is 386 g/mol. The molecule has 0 saturated carbocycles. The molecule has 2 heterocycles. The molecule has 28 heavy (non-hydrogen) atoms. The molecule has 3 nitrogen and oxygen atoms in total. The average Bonchev–Trinajstić information content (AvgIpc) is 3.09. The van der Waals surface area contributed by atoms with Crippen LogP contribution in [-0.4, -0.2) is 9.97 Å². The van der Waals surface area contributed by atoms with Crippen molar-refractivity contribution >= 4 is 33.1 Å². The molecule has 2 aromatic heterocycles. The third-order valence-electron chi connectivity index (χ3n) is 5.46. The summed E-state index contributed by atoms with van der Waals surface area (Å²) in [5.74, 6) is 1.85. The van der Waals surface area contributed by atoms with Crippen LogP contribution in [0.3, 0.4) is 0 Å². The molecule has 0 bridgehead atoms. The highest BCUT2D eigenvalue weighted by Crippen LogP contribution is 2.39. The molecular weight excluding hydrogens is 362 g/mol. The highest BCUT2D eigenvalue weighted by atomic mass is 32.1. The van der Waals surface area contributed by atoms with Gasteiger partial charge in [0.25, 0.3) is 0 Å². The van der Waals surface area contributed by atoms with Gasteiger partial charge in [0.15, 0.2) is 0 Å². The summed E-state index contributed by atoms with van der Waals surface area (Å²) >= 11 is 1.86. The summed E-state index contributed by atoms with van der Waals surface area (Å²) in [5.41, 5.74) is 5.05. The normalized spacial score (nSPS) is 13.5. The standard InChI is InChI=1S/C24H23N3S/c1-16-9-5-7-13-19(16)25-23-22-18-12-6-8-14-20(18)28-24(22)27-21(26-23)15-17-10-3-2-4-11-17/h2-5,7,9-11,13H,6,8,12,14-15H2,1H3,(H,25,26,27). The van der Waals surface area contributed by atoms with Crippen LogP contribution in [0.25, 0.3) is 10.2 Å². The monoisotopic (exact) mass is 385 g/mol. The molecule has 2 aromatic carbocycles. The lowest BCUT2D eigenvalue weighted by Gasteiger charge is -2.14. The lowest BCUT2D eigenvalue weighted by molar-refractivity contribution is 0.700. The van der Waals surface area contributed by atoms with Crippen LogP contribution < -0.4 is 5.32 Å². The van der Waals surface area contributed by atoms with E-state index in [0.29, 0.717) is 0 Å². The minimum atomic E-state index is 0.752. The smallest absolute Gasteiger partial charge is 0.143 e. The van der Waals surface area contributed by atoms with Gasteiger partial charge in [-0.25, -0.2) is 9.97 Å². The summed E-state index contributed by atoms with van der Waals surface area (Å²) in [6, 6.07) is 18.9. The molecule has 0 unspecified atom stereocenters. The van der Waals surface area contributed by atoms with Crippen molar-refractivity contribution in [2.45, 2.75) is 39.0 Å². The number of fused-ring (bicyclic) bond motifs is 3. The van der Waals surface area contributed by atoms with Gasteiger partial charge in [-0.3, -0.25) is 0 Å². The number of aromatic nitrogens is 2. The second-order valence-electron chi connectivity index (χ2n) is 7.48. The van der Waals surface area contributed by atoms with Gasteiger partial charge in [-0.15, -0.1) is 11.3 Å². The molecule has 5 rings (SSSR count). The fraction of sp³-hybridized carbons (Fsp3) is 0.250. The highest BCUT2D eigenvalue weighted by Gasteiger charge is 2.21. The van der Waals surface area contributed by atoms with E-state index in [0.717, 1.165) is 35.0 Å². The molecule has 0 spiro atoms. The van der Waals surface area contributed by atoms with E-state index in [4.69, 9.17) is 9.97 Å². The van der Waals surface area contributed by atoms with Gasteiger partial charge < -0.3 is 5.32 Å². The summed E-state index contributed by atoms with van der Waals surface area (Å²) in [6.45, 7) is 2.13. The molecule has 140 valence electrons. The Labute approximate surface area is 169 Å². The van der Waals surface area contributed by atoms with Gasteiger partial charge in [-0.2, -0.15) is 0 Å². The van der Waals surface area contributed by atoms with E-state index in [-0.39, 0.29) is 0 Å². The largest absolute Gasteiger partial charge is 0.339 e. The second kappa shape index (κ2) is 7.36. The first-order chi connectivity index (χ1) is 13.8. The Bertz CT molecular complexity index is 1130. The predicted molar refractivity (Wildman–Crippen MR) is 118 cm³/mol. The zero-order valence-electron chi connectivity index (χ0n) is 16.0. The van der Waals surface area contributed by atoms with Crippen molar-refractivity contribution in [2.24, 2.45) is 0 Å². The summed E-state index contributed by atoms with van der Waals surface area (Å²) in [4.78, 5) is 12.6. The Morgan fingerprint density at radius 1 is 0.929 bits per heavy atom.